The van der Waals surface area contributed by atoms with Crippen LogP contribution in [0.25, 0.3) is 0 Å². The Labute approximate surface area is 124 Å². The summed E-state index contributed by atoms with van der Waals surface area (Å²) < 4.78 is 15.5. The molecule has 1 saturated carbocycles. The maximum absolute atomic E-state index is 6.06. The van der Waals surface area contributed by atoms with Gasteiger partial charge >= 0.3 is 0 Å². The molecule has 1 aromatic heterocycles. The molecule has 5 nitrogen and oxygen atoms in total. The highest BCUT2D eigenvalue weighted by atomic mass is 32.1. The number of hydrogen-bond donors (Lipinski definition) is 1. The average Bonchev–Trinajstić information content (AvgIpc) is 3.07. The molecule has 2 heterocycles. The summed E-state index contributed by atoms with van der Waals surface area (Å²) in [6, 6.07) is 0.477. The molecule has 1 N–H and O–H groups in total. The lowest BCUT2D eigenvalue weighted by Crippen LogP contribution is -2.42. The number of nitrogens with zero attached hydrogens (tertiary/aromatic N) is 2. The van der Waals surface area contributed by atoms with E-state index in [2.05, 4.69) is 14.7 Å². The molecule has 20 heavy (non-hydrogen) atoms. The second-order valence-corrected chi connectivity index (χ2v) is 6.58. The SMILES string of the molecule is COCCc1nsc(NC2CCOC3(CCCC3)C2)n1. The molecule has 0 amide bonds. The number of anilines is 1. The van der Waals surface area contributed by atoms with E-state index in [1.165, 1.54) is 37.2 Å². The molecule has 6 heteroatoms. The van der Waals surface area contributed by atoms with Crippen LogP contribution in [-0.2, 0) is 15.9 Å². The number of nitrogens with one attached hydrogen (secondary N) is 1. The van der Waals surface area contributed by atoms with Gasteiger partial charge < -0.3 is 14.8 Å². The van der Waals surface area contributed by atoms with E-state index in [0.717, 1.165) is 36.8 Å². The normalized spacial score (nSPS) is 25.1. The minimum atomic E-state index is 0.152. The minimum Gasteiger partial charge on any atom is -0.384 e. The fourth-order valence-electron chi connectivity index (χ4n) is 3.30. The molecule has 1 aliphatic heterocycles. The Morgan fingerprint density at radius 3 is 3.10 bits per heavy atom. The molecular formula is C14H23N3O2S. The summed E-state index contributed by atoms with van der Waals surface area (Å²) in [4.78, 5) is 4.53. The van der Waals surface area contributed by atoms with Crippen LogP contribution in [0.2, 0.25) is 0 Å². The largest absolute Gasteiger partial charge is 0.384 e. The van der Waals surface area contributed by atoms with E-state index < -0.39 is 0 Å². The van der Waals surface area contributed by atoms with Crippen molar-refractivity contribution in [2.45, 2.75) is 56.6 Å². The Kier molecular flexibility index (Phi) is 4.53. The van der Waals surface area contributed by atoms with Crippen LogP contribution >= 0.6 is 11.5 Å². The number of aromatic nitrogens is 2. The molecule has 112 valence electrons. The Balaban J connectivity index is 1.55. The van der Waals surface area contributed by atoms with E-state index in [1.807, 2.05) is 0 Å². The highest BCUT2D eigenvalue weighted by molar-refractivity contribution is 7.09. The molecule has 1 unspecified atom stereocenters. The van der Waals surface area contributed by atoms with Crippen molar-refractivity contribution in [3.8, 4) is 0 Å². The van der Waals surface area contributed by atoms with E-state index in [0.29, 0.717) is 12.6 Å². The summed E-state index contributed by atoms with van der Waals surface area (Å²) in [5.41, 5.74) is 0.152. The zero-order chi connectivity index (χ0) is 13.8. The third kappa shape index (κ3) is 3.30. The van der Waals surface area contributed by atoms with Crippen molar-refractivity contribution in [2.75, 3.05) is 25.6 Å². The third-order valence-electron chi connectivity index (χ3n) is 4.33. The first-order chi connectivity index (χ1) is 9.80. The lowest BCUT2D eigenvalue weighted by atomic mass is 9.89. The Bertz CT molecular complexity index is 432. The first-order valence-electron chi connectivity index (χ1n) is 7.52. The zero-order valence-corrected chi connectivity index (χ0v) is 12.9. The van der Waals surface area contributed by atoms with Crippen LogP contribution in [0, 0.1) is 0 Å². The summed E-state index contributed by atoms with van der Waals surface area (Å²) >= 11 is 1.46. The van der Waals surface area contributed by atoms with Gasteiger partial charge in [-0.3, -0.25) is 0 Å². The van der Waals surface area contributed by atoms with Gasteiger partial charge in [0, 0.05) is 37.7 Å². The maximum atomic E-state index is 6.06. The number of ether oxygens (including phenoxy) is 2. The third-order valence-corrected chi connectivity index (χ3v) is 5.02. The Morgan fingerprint density at radius 2 is 2.30 bits per heavy atom. The first-order valence-corrected chi connectivity index (χ1v) is 8.29. The van der Waals surface area contributed by atoms with Crippen molar-refractivity contribution in [2.24, 2.45) is 0 Å². The van der Waals surface area contributed by atoms with Gasteiger partial charge in [-0.25, -0.2) is 4.98 Å². The van der Waals surface area contributed by atoms with Crippen LogP contribution in [-0.4, -0.2) is 41.3 Å². The molecule has 1 atom stereocenters. The van der Waals surface area contributed by atoms with Crippen molar-refractivity contribution in [1.29, 1.82) is 0 Å². The van der Waals surface area contributed by atoms with Crippen molar-refractivity contribution < 1.29 is 9.47 Å². The second-order valence-electron chi connectivity index (χ2n) is 5.83. The number of rotatable bonds is 5. The fraction of sp³-hybridized carbons (Fsp3) is 0.857. The van der Waals surface area contributed by atoms with Gasteiger partial charge in [-0.05, 0) is 25.7 Å². The van der Waals surface area contributed by atoms with Gasteiger partial charge in [0.05, 0.1) is 12.2 Å². The summed E-state index contributed by atoms with van der Waals surface area (Å²) in [5, 5.41) is 4.49. The number of methoxy groups -OCH3 is 1. The first kappa shape index (κ1) is 14.2. The summed E-state index contributed by atoms with van der Waals surface area (Å²) in [7, 11) is 1.70. The molecule has 3 rings (SSSR count). The molecule has 0 aromatic carbocycles. The van der Waals surface area contributed by atoms with Gasteiger partial charge in [0.1, 0.15) is 5.82 Å². The van der Waals surface area contributed by atoms with Crippen LogP contribution in [0.5, 0.6) is 0 Å². The molecule has 1 aliphatic carbocycles. The van der Waals surface area contributed by atoms with E-state index in [-0.39, 0.29) is 5.60 Å². The van der Waals surface area contributed by atoms with Crippen LogP contribution in [0.4, 0.5) is 5.13 Å². The van der Waals surface area contributed by atoms with Crippen molar-refractivity contribution in [3.05, 3.63) is 5.82 Å². The van der Waals surface area contributed by atoms with Gasteiger partial charge in [0.25, 0.3) is 0 Å². The highest BCUT2D eigenvalue weighted by Gasteiger charge is 2.40. The lowest BCUT2D eigenvalue weighted by molar-refractivity contribution is -0.0767. The average molecular weight is 297 g/mol. The molecule has 2 fully saturated rings. The predicted octanol–water partition coefficient (Wildman–Crippen LogP) is 2.63. The van der Waals surface area contributed by atoms with Gasteiger partial charge in [-0.1, -0.05) is 12.8 Å². The van der Waals surface area contributed by atoms with Crippen molar-refractivity contribution >= 4 is 16.7 Å². The molecule has 0 radical (unpaired) electrons. The van der Waals surface area contributed by atoms with E-state index in [1.54, 1.807) is 7.11 Å². The maximum Gasteiger partial charge on any atom is 0.202 e. The fourth-order valence-corrected chi connectivity index (χ4v) is 3.99. The van der Waals surface area contributed by atoms with E-state index in [4.69, 9.17) is 9.47 Å². The number of hydrogen-bond acceptors (Lipinski definition) is 6. The lowest BCUT2D eigenvalue weighted by Gasteiger charge is -2.38. The van der Waals surface area contributed by atoms with E-state index >= 15 is 0 Å². The smallest absolute Gasteiger partial charge is 0.202 e. The molecular weight excluding hydrogens is 274 g/mol. The summed E-state index contributed by atoms with van der Waals surface area (Å²) in [5.74, 6) is 0.877. The minimum absolute atomic E-state index is 0.152. The van der Waals surface area contributed by atoms with Crippen molar-refractivity contribution in [3.63, 3.8) is 0 Å². The van der Waals surface area contributed by atoms with Crippen molar-refractivity contribution in [1.82, 2.24) is 9.36 Å². The zero-order valence-electron chi connectivity index (χ0n) is 12.1. The Morgan fingerprint density at radius 1 is 1.45 bits per heavy atom. The quantitative estimate of drug-likeness (QED) is 0.905. The topological polar surface area (TPSA) is 56.3 Å². The van der Waals surface area contributed by atoms with Gasteiger partial charge in [0.15, 0.2) is 0 Å². The van der Waals surface area contributed by atoms with Gasteiger partial charge in [-0.15, -0.1) is 0 Å². The van der Waals surface area contributed by atoms with Crippen LogP contribution in [0.1, 0.15) is 44.3 Å². The molecule has 2 aliphatic rings. The highest BCUT2D eigenvalue weighted by Crippen LogP contribution is 2.40. The van der Waals surface area contributed by atoms with Crippen LogP contribution < -0.4 is 5.32 Å². The second kappa shape index (κ2) is 6.37. The standard InChI is InChI=1S/C14H23N3O2S/c1-18-8-5-12-16-13(20-17-12)15-11-4-9-19-14(10-11)6-2-3-7-14/h11H,2-10H2,1H3,(H,15,16,17). The van der Waals surface area contributed by atoms with Crippen LogP contribution in [0.3, 0.4) is 0 Å². The summed E-state index contributed by atoms with van der Waals surface area (Å²) in [6.45, 7) is 1.55. The Hall–Kier alpha value is -0.720. The van der Waals surface area contributed by atoms with Gasteiger partial charge in [0.2, 0.25) is 5.13 Å². The van der Waals surface area contributed by atoms with E-state index in [9.17, 15) is 0 Å². The molecule has 0 bridgehead atoms. The molecule has 1 saturated heterocycles. The van der Waals surface area contributed by atoms with Crippen LogP contribution in [0.15, 0.2) is 0 Å². The monoisotopic (exact) mass is 297 g/mol. The molecule has 1 spiro atoms. The van der Waals surface area contributed by atoms with Gasteiger partial charge in [-0.2, -0.15) is 4.37 Å². The molecule has 1 aromatic rings. The summed E-state index contributed by atoms with van der Waals surface area (Å²) in [6.07, 6.45) is 8.03. The predicted molar refractivity (Wildman–Crippen MR) is 79.3 cm³/mol.